The van der Waals surface area contributed by atoms with Gasteiger partial charge in [-0.15, -0.1) is 4.68 Å². The Bertz CT molecular complexity index is 1360. The van der Waals surface area contributed by atoms with E-state index in [1.165, 1.54) is 20.4 Å². The van der Waals surface area contributed by atoms with Gasteiger partial charge < -0.3 is 24.2 Å². The molecule has 4 aromatic rings. The van der Waals surface area contributed by atoms with Gasteiger partial charge in [-0.1, -0.05) is 0 Å². The summed E-state index contributed by atoms with van der Waals surface area (Å²) >= 11 is 0. The summed E-state index contributed by atoms with van der Waals surface area (Å²) < 4.78 is 16.5. The molecule has 2 heterocycles. The first-order valence-electron chi connectivity index (χ1n) is 8.67. The zero-order valence-corrected chi connectivity index (χ0v) is 16.0. The summed E-state index contributed by atoms with van der Waals surface area (Å²) in [6.45, 7) is 0. The van der Waals surface area contributed by atoms with Gasteiger partial charge in [-0.3, -0.25) is 4.79 Å². The van der Waals surface area contributed by atoms with E-state index in [2.05, 4.69) is 15.1 Å². The quantitative estimate of drug-likeness (QED) is 0.504. The standard InChI is InChI=1S/C20H18N4O5/c1-27-12-5-7-16(29-3)11(8-12)10-21-24-19(25)18-17(23-20(24)26)14-9-13(28-2)4-6-15(14)22-18/h4-10,22H,1-3H3,(H,23,26)/b21-10+. The Hall–Kier alpha value is -4.01. The van der Waals surface area contributed by atoms with Gasteiger partial charge in [0.1, 0.15) is 22.8 Å². The first-order valence-corrected chi connectivity index (χ1v) is 8.67. The Labute approximate surface area is 164 Å². The highest BCUT2D eigenvalue weighted by Gasteiger charge is 2.13. The molecule has 0 aliphatic carbocycles. The second-order valence-corrected chi connectivity index (χ2v) is 6.19. The number of nitrogens with zero attached hydrogens (tertiary/aromatic N) is 2. The number of hydrogen-bond acceptors (Lipinski definition) is 6. The topological polar surface area (TPSA) is 111 Å². The molecule has 0 radical (unpaired) electrons. The van der Waals surface area contributed by atoms with Crippen LogP contribution < -0.4 is 25.5 Å². The molecule has 0 saturated carbocycles. The lowest BCUT2D eigenvalue weighted by Crippen LogP contribution is -2.32. The lowest BCUT2D eigenvalue weighted by atomic mass is 10.2. The fourth-order valence-electron chi connectivity index (χ4n) is 3.11. The summed E-state index contributed by atoms with van der Waals surface area (Å²) in [5.74, 6) is 1.73. The molecule has 2 N–H and O–H groups in total. The zero-order chi connectivity index (χ0) is 20.5. The van der Waals surface area contributed by atoms with E-state index in [0.29, 0.717) is 39.2 Å². The minimum atomic E-state index is -0.663. The molecule has 0 saturated heterocycles. The Morgan fingerprint density at radius 1 is 0.897 bits per heavy atom. The van der Waals surface area contributed by atoms with E-state index in [0.717, 1.165) is 4.68 Å². The zero-order valence-electron chi connectivity index (χ0n) is 16.0. The van der Waals surface area contributed by atoms with Gasteiger partial charge in [-0.2, -0.15) is 5.10 Å². The number of hydrogen-bond donors (Lipinski definition) is 2. The predicted octanol–water partition coefficient (Wildman–Crippen LogP) is 2.08. The molecule has 0 unspecified atom stereocenters. The van der Waals surface area contributed by atoms with Gasteiger partial charge in [0.15, 0.2) is 0 Å². The molecule has 2 aromatic carbocycles. The normalized spacial score (nSPS) is 11.4. The molecule has 0 spiro atoms. The predicted molar refractivity (Wildman–Crippen MR) is 110 cm³/mol. The third-order valence-electron chi connectivity index (χ3n) is 4.59. The van der Waals surface area contributed by atoms with Crippen LogP contribution in [0, 0.1) is 0 Å². The van der Waals surface area contributed by atoms with Crippen LogP contribution in [0.2, 0.25) is 0 Å². The molecule has 148 valence electrons. The van der Waals surface area contributed by atoms with Gasteiger partial charge in [0.25, 0.3) is 0 Å². The van der Waals surface area contributed by atoms with E-state index in [9.17, 15) is 9.59 Å². The molecule has 0 bridgehead atoms. The maximum atomic E-state index is 12.9. The van der Waals surface area contributed by atoms with E-state index in [1.54, 1.807) is 43.5 Å². The second-order valence-electron chi connectivity index (χ2n) is 6.19. The van der Waals surface area contributed by atoms with Crippen LogP contribution in [0.25, 0.3) is 21.9 Å². The molecule has 0 aliphatic rings. The molecule has 0 fully saturated rings. The van der Waals surface area contributed by atoms with Crippen molar-refractivity contribution >= 4 is 28.2 Å². The lowest BCUT2D eigenvalue weighted by molar-refractivity contribution is 0.402. The van der Waals surface area contributed by atoms with Crippen molar-refractivity contribution in [3.05, 3.63) is 62.8 Å². The SMILES string of the molecule is COc1ccc(OC)c(/C=N/n2c(=O)[nH]c3c([nH]c4ccc(OC)cc43)c2=O)c1. The summed E-state index contributed by atoms with van der Waals surface area (Å²) in [4.78, 5) is 31.2. The molecule has 9 nitrogen and oxygen atoms in total. The van der Waals surface area contributed by atoms with Crippen LogP contribution in [0.3, 0.4) is 0 Å². The van der Waals surface area contributed by atoms with E-state index in [4.69, 9.17) is 14.2 Å². The van der Waals surface area contributed by atoms with Crippen LogP contribution >= 0.6 is 0 Å². The molecule has 29 heavy (non-hydrogen) atoms. The van der Waals surface area contributed by atoms with Gasteiger partial charge >= 0.3 is 11.2 Å². The van der Waals surface area contributed by atoms with Crippen molar-refractivity contribution in [1.29, 1.82) is 0 Å². The number of aromatic nitrogens is 3. The second kappa shape index (κ2) is 7.19. The monoisotopic (exact) mass is 394 g/mol. The maximum Gasteiger partial charge on any atom is 0.350 e. The average molecular weight is 394 g/mol. The van der Waals surface area contributed by atoms with Crippen molar-refractivity contribution < 1.29 is 14.2 Å². The molecular weight excluding hydrogens is 376 g/mol. The van der Waals surface area contributed by atoms with E-state index in [1.807, 2.05) is 0 Å². The number of rotatable bonds is 5. The Kier molecular flexibility index (Phi) is 4.55. The largest absolute Gasteiger partial charge is 0.497 e. The lowest BCUT2D eigenvalue weighted by Gasteiger charge is -2.06. The molecule has 0 amide bonds. The van der Waals surface area contributed by atoms with Gasteiger partial charge in [-0.05, 0) is 36.4 Å². The Morgan fingerprint density at radius 3 is 2.34 bits per heavy atom. The number of H-pyrrole nitrogens is 2. The average Bonchev–Trinajstić information content (AvgIpc) is 3.11. The fraction of sp³-hybridized carbons (Fsp3) is 0.150. The minimum absolute atomic E-state index is 0.239. The molecule has 0 atom stereocenters. The van der Waals surface area contributed by atoms with Crippen LogP contribution in [-0.2, 0) is 0 Å². The van der Waals surface area contributed by atoms with Crippen molar-refractivity contribution in [1.82, 2.24) is 14.6 Å². The smallest absolute Gasteiger partial charge is 0.350 e. The number of methoxy groups -OCH3 is 3. The van der Waals surface area contributed by atoms with Crippen LogP contribution in [0.1, 0.15) is 5.56 Å². The molecule has 4 rings (SSSR count). The van der Waals surface area contributed by atoms with Crippen molar-refractivity contribution in [2.45, 2.75) is 0 Å². The van der Waals surface area contributed by atoms with E-state index < -0.39 is 11.2 Å². The third-order valence-corrected chi connectivity index (χ3v) is 4.59. The highest BCUT2D eigenvalue weighted by atomic mass is 16.5. The van der Waals surface area contributed by atoms with Crippen LogP contribution in [0.15, 0.2) is 51.1 Å². The highest BCUT2D eigenvalue weighted by molar-refractivity contribution is 6.04. The summed E-state index contributed by atoms with van der Waals surface area (Å²) in [5, 5.41) is 4.75. The number of nitrogens with one attached hydrogen (secondary N) is 2. The summed E-state index contributed by atoms with van der Waals surface area (Å²) in [5.41, 5.74) is 0.660. The van der Waals surface area contributed by atoms with Crippen molar-refractivity contribution in [2.75, 3.05) is 21.3 Å². The summed E-state index contributed by atoms with van der Waals surface area (Å²) in [7, 11) is 4.60. The number of aromatic amines is 2. The van der Waals surface area contributed by atoms with Crippen LogP contribution in [-0.4, -0.2) is 42.2 Å². The highest BCUT2D eigenvalue weighted by Crippen LogP contribution is 2.25. The third kappa shape index (κ3) is 3.12. The van der Waals surface area contributed by atoms with Gasteiger partial charge in [-0.25, -0.2) is 4.79 Å². The van der Waals surface area contributed by atoms with Crippen molar-refractivity contribution in [3.63, 3.8) is 0 Å². The molecule has 9 heteroatoms. The van der Waals surface area contributed by atoms with E-state index in [-0.39, 0.29) is 5.52 Å². The first kappa shape index (κ1) is 18.4. The van der Waals surface area contributed by atoms with Crippen molar-refractivity contribution in [3.8, 4) is 17.2 Å². The minimum Gasteiger partial charge on any atom is -0.497 e. The van der Waals surface area contributed by atoms with Crippen molar-refractivity contribution in [2.24, 2.45) is 5.10 Å². The van der Waals surface area contributed by atoms with Gasteiger partial charge in [0, 0.05) is 16.5 Å². The molecule has 2 aromatic heterocycles. The van der Waals surface area contributed by atoms with Gasteiger partial charge in [0.05, 0.1) is 33.1 Å². The summed E-state index contributed by atoms with van der Waals surface area (Å²) in [6, 6.07) is 10.4. The first-order chi connectivity index (χ1) is 14.0. The van der Waals surface area contributed by atoms with Crippen LogP contribution in [0.5, 0.6) is 17.2 Å². The Morgan fingerprint density at radius 2 is 1.62 bits per heavy atom. The van der Waals surface area contributed by atoms with Crippen LogP contribution in [0.4, 0.5) is 0 Å². The maximum absolute atomic E-state index is 12.9. The number of benzene rings is 2. The fourth-order valence-corrected chi connectivity index (χ4v) is 3.11. The van der Waals surface area contributed by atoms with Gasteiger partial charge in [0.2, 0.25) is 0 Å². The van der Waals surface area contributed by atoms with E-state index >= 15 is 0 Å². The molecular formula is C20H18N4O5. The Balaban J connectivity index is 1.87. The number of ether oxygens (including phenoxy) is 3. The number of fused-ring (bicyclic) bond motifs is 3. The molecule has 0 aliphatic heterocycles. The summed E-state index contributed by atoms with van der Waals surface area (Å²) in [6.07, 6.45) is 1.37.